The third-order valence-corrected chi connectivity index (χ3v) is 4.37. The van der Waals surface area contributed by atoms with Crippen LogP contribution in [0.25, 0.3) is 0 Å². The van der Waals surface area contributed by atoms with Gasteiger partial charge in [0.05, 0.1) is 6.10 Å². The van der Waals surface area contributed by atoms with E-state index in [9.17, 15) is 5.11 Å². The molecule has 0 aromatic rings. The van der Waals surface area contributed by atoms with Gasteiger partial charge in [-0.05, 0) is 11.5 Å². The summed E-state index contributed by atoms with van der Waals surface area (Å²) in [4.78, 5) is 0. The third-order valence-electron chi connectivity index (χ3n) is 1.09. The molecule has 0 aliphatic heterocycles. The van der Waals surface area contributed by atoms with Gasteiger partial charge < -0.3 is 5.11 Å². The lowest BCUT2D eigenvalue weighted by Crippen LogP contribution is -2.14. The topological polar surface area (TPSA) is 20.2 Å². The predicted octanol–water partition coefficient (Wildman–Crippen LogP) is 1.67. The van der Waals surface area contributed by atoms with Crippen LogP contribution in [0.4, 0.5) is 0 Å². The molecule has 0 unspecified atom stereocenters. The second kappa shape index (κ2) is 10.4. The zero-order chi connectivity index (χ0) is 9.23. The Labute approximate surface area is 94.3 Å². The van der Waals surface area contributed by atoms with Crippen molar-refractivity contribution in [3.8, 4) is 0 Å². The van der Waals surface area contributed by atoms with E-state index in [4.69, 9.17) is 0 Å². The highest BCUT2D eigenvalue weighted by molar-refractivity contribution is 8.00. The van der Waals surface area contributed by atoms with Crippen molar-refractivity contribution >= 4 is 48.8 Å². The van der Waals surface area contributed by atoms with Crippen LogP contribution in [0.3, 0.4) is 0 Å². The number of hydrogen-bond donors (Lipinski definition) is 3. The summed E-state index contributed by atoms with van der Waals surface area (Å²) in [5, 5.41) is 9.41. The molecule has 0 radical (unpaired) electrons. The Morgan fingerprint density at radius 2 is 1.42 bits per heavy atom. The number of aliphatic hydroxyl groups excluding tert-OH is 1. The van der Waals surface area contributed by atoms with Gasteiger partial charge in [-0.3, -0.25) is 0 Å². The predicted molar refractivity (Wildman–Crippen MR) is 68.4 cm³/mol. The Hall–Kier alpha value is 1.36. The summed E-state index contributed by atoms with van der Waals surface area (Å²) in [6.45, 7) is 0. The SMILES string of the molecule is OC(CSCCS)CSCCS. The molecule has 0 spiro atoms. The third kappa shape index (κ3) is 9.45. The average molecular weight is 244 g/mol. The lowest BCUT2D eigenvalue weighted by atomic mass is 10.5. The van der Waals surface area contributed by atoms with E-state index in [1.54, 1.807) is 23.5 Å². The molecule has 0 aromatic heterocycles. The van der Waals surface area contributed by atoms with Crippen molar-refractivity contribution in [2.45, 2.75) is 6.10 Å². The molecule has 5 heteroatoms. The molecule has 0 atom stereocenters. The van der Waals surface area contributed by atoms with E-state index >= 15 is 0 Å². The van der Waals surface area contributed by atoms with Crippen molar-refractivity contribution in [1.82, 2.24) is 0 Å². The van der Waals surface area contributed by atoms with Crippen LogP contribution in [0.5, 0.6) is 0 Å². The Morgan fingerprint density at radius 3 is 1.75 bits per heavy atom. The van der Waals surface area contributed by atoms with Gasteiger partial charge in [-0.1, -0.05) is 0 Å². The first-order chi connectivity index (χ1) is 5.81. The van der Waals surface area contributed by atoms with E-state index < -0.39 is 0 Å². The summed E-state index contributed by atoms with van der Waals surface area (Å²) < 4.78 is 0. The maximum atomic E-state index is 9.41. The first kappa shape index (κ1) is 13.4. The van der Waals surface area contributed by atoms with Crippen LogP contribution in [0.15, 0.2) is 0 Å². The van der Waals surface area contributed by atoms with Crippen molar-refractivity contribution in [2.24, 2.45) is 0 Å². The minimum Gasteiger partial charge on any atom is -0.391 e. The molecule has 0 saturated carbocycles. The number of thiol groups is 2. The molecule has 0 bridgehead atoms. The van der Waals surface area contributed by atoms with Gasteiger partial charge in [0, 0.05) is 23.0 Å². The van der Waals surface area contributed by atoms with Crippen molar-refractivity contribution in [3.63, 3.8) is 0 Å². The van der Waals surface area contributed by atoms with Gasteiger partial charge in [0.1, 0.15) is 0 Å². The van der Waals surface area contributed by atoms with E-state index in [1.807, 2.05) is 0 Å². The standard InChI is InChI=1S/C7H16OS4/c8-7(5-11-3-1-9)6-12-4-2-10/h7-10H,1-6H2. The normalized spacial score (nSPS) is 11.0. The highest BCUT2D eigenvalue weighted by Crippen LogP contribution is 2.09. The first-order valence-electron chi connectivity index (χ1n) is 3.86. The summed E-state index contributed by atoms with van der Waals surface area (Å²) in [5.74, 6) is 5.50. The summed E-state index contributed by atoms with van der Waals surface area (Å²) in [7, 11) is 0. The molecule has 0 rings (SSSR count). The van der Waals surface area contributed by atoms with Gasteiger partial charge in [-0.25, -0.2) is 0 Å². The summed E-state index contributed by atoms with van der Waals surface area (Å²) in [5.41, 5.74) is 0. The number of aliphatic hydroxyl groups is 1. The molecule has 0 heterocycles. The number of rotatable bonds is 8. The smallest absolute Gasteiger partial charge is 0.0720 e. The van der Waals surface area contributed by atoms with Gasteiger partial charge in [-0.2, -0.15) is 48.8 Å². The largest absolute Gasteiger partial charge is 0.391 e. The average Bonchev–Trinajstić information content (AvgIpc) is 2.06. The Morgan fingerprint density at radius 1 is 1.00 bits per heavy atom. The molecular weight excluding hydrogens is 228 g/mol. The van der Waals surface area contributed by atoms with Crippen LogP contribution >= 0.6 is 48.8 Å². The van der Waals surface area contributed by atoms with Gasteiger partial charge in [-0.15, -0.1) is 0 Å². The fourth-order valence-electron chi connectivity index (χ4n) is 0.616. The van der Waals surface area contributed by atoms with Crippen LogP contribution < -0.4 is 0 Å². The van der Waals surface area contributed by atoms with Crippen LogP contribution in [0.1, 0.15) is 0 Å². The number of hydrogen-bond acceptors (Lipinski definition) is 5. The van der Waals surface area contributed by atoms with Gasteiger partial charge in [0.15, 0.2) is 0 Å². The van der Waals surface area contributed by atoms with Gasteiger partial charge in [0.25, 0.3) is 0 Å². The lowest BCUT2D eigenvalue weighted by Gasteiger charge is -2.08. The Balaban J connectivity index is 3.04. The van der Waals surface area contributed by atoms with Gasteiger partial charge in [0.2, 0.25) is 0 Å². The molecule has 0 amide bonds. The van der Waals surface area contributed by atoms with E-state index in [2.05, 4.69) is 25.3 Å². The molecule has 0 aromatic carbocycles. The molecule has 1 N–H and O–H groups in total. The first-order valence-corrected chi connectivity index (χ1v) is 7.44. The summed E-state index contributed by atoms with van der Waals surface area (Å²) in [6, 6.07) is 0. The molecule has 0 saturated heterocycles. The van der Waals surface area contributed by atoms with Crippen molar-refractivity contribution in [2.75, 3.05) is 34.5 Å². The van der Waals surface area contributed by atoms with Crippen molar-refractivity contribution < 1.29 is 5.11 Å². The fourth-order valence-corrected chi connectivity index (χ4v) is 2.91. The van der Waals surface area contributed by atoms with E-state index in [0.717, 1.165) is 34.5 Å². The highest BCUT2D eigenvalue weighted by atomic mass is 32.2. The van der Waals surface area contributed by atoms with E-state index in [-0.39, 0.29) is 6.10 Å². The quantitative estimate of drug-likeness (QED) is 0.446. The zero-order valence-electron chi connectivity index (χ0n) is 6.98. The molecule has 74 valence electrons. The van der Waals surface area contributed by atoms with Crippen LogP contribution in [-0.4, -0.2) is 45.7 Å². The molecule has 0 fully saturated rings. The minimum absolute atomic E-state index is 0.167. The summed E-state index contributed by atoms with van der Waals surface area (Å²) in [6.07, 6.45) is -0.167. The maximum absolute atomic E-state index is 9.41. The second-order valence-electron chi connectivity index (χ2n) is 2.25. The molecule has 12 heavy (non-hydrogen) atoms. The second-order valence-corrected chi connectivity index (χ2v) is 5.44. The Kier molecular flexibility index (Phi) is 11.6. The molecule has 0 aliphatic rings. The number of thioether (sulfide) groups is 2. The van der Waals surface area contributed by atoms with E-state index in [0.29, 0.717) is 0 Å². The van der Waals surface area contributed by atoms with Crippen LogP contribution in [-0.2, 0) is 0 Å². The maximum Gasteiger partial charge on any atom is 0.0720 e. The molecule has 0 aliphatic carbocycles. The zero-order valence-corrected chi connectivity index (χ0v) is 10.4. The molecule has 1 nitrogen and oxygen atoms in total. The fraction of sp³-hybridized carbons (Fsp3) is 1.00. The minimum atomic E-state index is -0.167. The van der Waals surface area contributed by atoms with Gasteiger partial charge >= 0.3 is 0 Å². The van der Waals surface area contributed by atoms with Crippen molar-refractivity contribution in [3.05, 3.63) is 0 Å². The lowest BCUT2D eigenvalue weighted by molar-refractivity contribution is 0.225. The Bertz CT molecular complexity index is 81.5. The monoisotopic (exact) mass is 244 g/mol. The summed E-state index contributed by atoms with van der Waals surface area (Å²) >= 11 is 11.7. The van der Waals surface area contributed by atoms with Crippen molar-refractivity contribution in [1.29, 1.82) is 0 Å². The molecular formula is C7H16OS4. The highest BCUT2D eigenvalue weighted by Gasteiger charge is 2.02. The van der Waals surface area contributed by atoms with Crippen LogP contribution in [0, 0.1) is 0 Å². The van der Waals surface area contributed by atoms with E-state index in [1.165, 1.54) is 0 Å². The van der Waals surface area contributed by atoms with Crippen LogP contribution in [0.2, 0.25) is 0 Å².